The van der Waals surface area contributed by atoms with Gasteiger partial charge in [0, 0.05) is 5.69 Å². The van der Waals surface area contributed by atoms with Crippen LogP contribution in [-0.2, 0) is 11.0 Å². The Morgan fingerprint density at radius 2 is 1.52 bits per heavy atom. The van der Waals surface area contributed by atoms with E-state index >= 15 is 0 Å². The summed E-state index contributed by atoms with van der Waals surface area (Å²) in [5.41, 5.74) is 0.380. The third kappa shape index (κ3) is 5.62. The van der Waals surface area contributed by atoms with Crippen LogP contribution in [0.1, 0.15) is 44.2 Å². The SMILES string of the molecule is CC(C)(C)CC(C(=O)Nc1ccccc1)c1ccc(C(F)(F)F)cc1. The number of anilines is 1. The molecule has 2 nitrogen and oxygen atoms in total. The monoisotopic (exact) mass is 349 g/mol. The second kappa shape index (κ2) is 7.30. The molecule has 2 aromatic carbocycles. The van der Waals surface area contributed by atoms with Crippen LogP contribution in [0, 0.1) is 5.41 Å². The molecule has 0 saturated carbocycles. The van der Waals surface area contributed by atoms with Crippen LogP contribution in [0.3, 0.4) is 0 Å². The number of amides is 1. The Balaban J connectivity index is 2.28. The van der Waals surface area contributed by atoms with Crippen molar-refractivity contribution in [1.29, 1.82) is 0 Å². The van der Waals surface area contributed by atoms with Crippen molar-refractivity contribution in [3.05, 3.63) is 65.7 Å². The highest BCUT2D eigenvalue weighted by Gasteiger charge is 2.31. The Labute approximate surface area is 146 Å². The van der Waals surface area contributed by atoms with Crippen molar-refractivity contribution in [2.45, 2.75) is 39.3 Å². The van der Waals surface area contributed by atoms with Gasteiger partial charge in [-0.15, -0.1) is 0 Å². The number of hydrogen-bond donors (Lipinski definition) is 1. The molecule has 0 saturated heterocycles. The van der Waals surface area contributed by atoms with E-state index in [0.29, 0.717) is 17.7 Å². The second-order valence-electron chi connectivity index (χ2n) is 7.29. The van der Waals surface area contributed by atoms with Crippen LogP contribution < -0.4 is 5.32 Å². The summed E-state index contributed by atoms with van der Waals surface area (Å²) in [6.45, 7) is 6.00. The summed E-state index contributed by atoms with van der Waals surface area (Å²) >= 11 is 0. The van der Waals surface area contributed by atoms with Gasteiger partial charge >= 0.3 is 6.18 Å². The molecule has 1 unspecified atom stereocenters. The fraction of sp³-hybridized carbons (Fsp3) is 0.350. The standard InChI is InChI=1S/C20H22F3NO/c1-19(2,3)13-17(18(25)24-16-7-5-4-6-8-16)14-9-11-15(12-10-14)20(21,22)23/h4-12,17H,13H2,1-3H3,(H,24,25). The molecule has 0 radical (unpaired) electrons. The van der Waals surface area contributed by atoms with Gasteiger partial charge in [0.2, 0.25) is 5.91 Å². The minimum absolute atomic E-state index is 0.151. The van der Waals surface area contributed by atoms with E-state index in [9.17, 15) is 18.0 Å². The zero-order chi connectivity index (χ0) is 18.7. The fourth-order valence-electron chi connectivity index (χ4n) is 2.63. The van der Waals surface area contributed by atoms with Crippen molar-refractivity contribution >= 4 is 11.6 Å². The predicted molar refractivity (Wildman–Crippen MR) is 93.3 cm³/mol. The molecule has 5 heteroatoms. The maximum Gasteiger partial charge on any atom is 0.416 e. The van der Waals surface area contributed by atoms with Gasteiger partial charge in [-0.2, -0.15) is 13.2 Å². The predicted octanol–water partition coefficient (Wildman–Crippen LogP) is 5.86. The summed E-state index contributed by atoms with van der Waals surface area (Å²) < 4.78 is 38.3. The minimum Gasteiger partial charge on any atom is -0.326 e. The third-order valence-electron chi connectivity index (χ3n) is 3.81. The summed E-state index contributed by atoms with van der Waals surface area (Å²) in [6, 6.07) is 13.9. The highest BCUT2D eigenvalue weighted by molar-refractivity contribution is 5.95. The first kappa shape index (κ1) is 19.0. The van der Waals surface area contributed by atoms with Crippen LogP contribution in [0.4, 0.5) is 18.9 Å². The van der Waals surface area contributed by atoms with E-state index in [4.69, 9.17) is 0 Å². The maximum atomic E-state index is 12.8. The molecule has 0 bridgehead atoms. The van der Waals surface area contributed by atoms with Gasteiger partial charge in [-0.1, -0.05) is 51.1 Å². The van der Waals surface area contributed by atoms with Gasteiger partial charge in [0.25, 0.3) is 0 Å². The summed E-state index contributed by atoms with van der Waals surface area (Å²) in [7, 11) is 0. The van der Waals surface area contributed by atoms with Crippen LogP contribution in [0.2, 0.25) is 0 Å². The summed E-state index contributed by atoms with van der Waals surface area (Å²) in [4.78, 5) is 12.7. The van der Waals surface area contributed by atoms with Gasteiger partial charge in [-0.05, 0) is 41.7 Å². The topological polar surface area (TPSA) is 29.1 Å². The maximum absolute atomic E-state index is 12.8. The molecule has 0 aromatic heterocycles. The van der Waals surface area contributed by atoms with Crippen molar-refractivity contribution in [2.75, 3.05) is 5.32 Å². The van der Waals surface area contributed by atoms with Gasteiger partial charge in [0.05, 0.1) is 11.5 Å². The van der Waals surface area contributed by atoms with Gasteiger partial charge in [-0.3, -0.25) is 4.79 Å². The van der Waals surface area contributed by atoms with E-state index in [1.807, 2.05) is 39.0 Å². The first-order valence-electron chi connectivity index (χ1n) is 8.09. The lowest BCUT2D eigenvalue weighted by atomic mass is 9.80. The molecule has 25 heavy (non-hydrogen) atoms. The van der Waals surface area contributed by atoms with Crippen LogP contribution in [0.5, 0.6) is 0 Å². The lowest BCUT2D eigenvalue weighted by molar-refractivity contribution is -0.137. The van der Waals surface area contributed by atoms with E-state index in [0.717, 1.165) is 12.1 Å². The van der Waals surface area contributed by atoms with Gasteiger partial charge in [-0.25, -0.2) is 0 Å². The van der Waals surface area contributed by atoms with Crippen LogP contribution in [0.25, 0.3) is 0 Å². The Hall–Kier alpha value is -2.30. The van der Waals surface area contributed by atoms with E-state index in [-0.39, 0.29) is 11.3 Å². The number of alkyl halides is 3. The van der Waals surface area contributed by atoms with Crippen molar-refractivity contribution in [3.63, 3.8) is 0 Å². The number of carbonyl (C=O) groups is 1. The van der Waals surface area contributed by atoms with E-state index in [1.165, 1.54) is 12.1 Å². The average Bonchev–Trinajstić information content (AvgIpc) is 2.52. The van der Waals surface area contributed by atoms with Crippen LogP contribution in [0.15, 0.2) is 54.6 Å². The van der Waals surface area contributed by atoms with E-state index in [2.05, 4.69) is 5.32 Å². The number of halogens is 3. The van der Waals surface area contributed by atoms with Crippen molar-refractivity contribution in [2.24, 2.45) is 5.41 Å². The van der Waals surface area contributed by atoms with Gasteiger partial charge < -0.3 is 5.32 Å². The number of nitrogens with one attached hydrogen (secondary N) is 1. The van der Waals surface area contributed by atoms with Crippen molar-refractivity contribution in [3.8, 4) is 0 Å². The number of benzene rings is 2. The molecular formula is C20H22F3NO. The molecule has 1 atom stereocenters. The Morgan fingerprint density at radius 1 is 0.960 bits per heavy atom. The Kier molecular flexibility index (Phi) is 5.55. The van der Waals surface area contributed by atoms with Crippen molar-refractivity contribution in [1.82, 2.24) is 0 Å². The number of hydrogen-bond acceptors (Lipinski definition) is 1. The normalized spacial score (nSPS) is 13.4. The van der Waals surface area contributed by atoms with Gasteiger partial charge in [0.1, 0.15) is 0 Å². The first-order chi connectivity index (χ1) is 11.6. The molecule has 2 aromatic rings. The van der Waals surface area contributed by atoms with Gasteiger partial charge in [0.15, 0.2) is 0 Å². The zero-order valence-electron chi connectivity index (χ0n) is 14.5. The van der Waals surface area contributed by atoms with Crippen LogP contribution >= 0.6 is 0 Å². The number of carbonyl (C=O) groups excluding carboxylic acids is 1. The fourth-order valence-corrected chi connectivity index (χ4v) is 2.63. The first-order valence-corrected chi connectivity index (χ1v) is 8.09. The van der Waals surface area contributed by atoms with Crippen LogP contribution in [-0.4, -0.2) is 5.91 Å². The third-order valence-corrected chi connectivity index (χ3v) is 3.81. The molecule has 1 amide bonds. The number of rotatable bonds is 4. The lowest BCUT2D eigenvalue weighted by Gasteiger charge is -2.26. The molecule has 0 aliphatic rings. The number of para-hydroxylation sites is 1. The Bertz CT molecular complexity index is 700. The largest absolute Gasteiger partial charge is 0.416 e. The molecule has 134 valence electrons. The molecule has 0 aliphatic carbocycles. The Morgan fingerprint density at radius 3 is 2.00 bits per heavy atom. The van der Waals surface area contributed by atoms with Crippen molar-refractivity contribution < 1.29 is 18.0 Å². The summed E-state index contributed by atoms with van der Waals surface area (Å²) in [5.74, 6) is -0.747. The zero-order valence-corrected chi connectivity index (χ0v) is 14.5. The molecule has 0 fully saturated rings. The summed E-state index contributed by atoms with van der Waals surface area (Å²) in [5, 5.41) is 2.85. The molecular weight excluding hydrogens is 327 g/mol. The highest BCUT2D eigenvalue weighted by Crippen LogP contribution is 2.34. The second-order valence-corrected chi connectivity index (χ2v) is 7.29. The summed E-state index contributed by atoms with van der Waals surface area (Å²) in [6.07, 6.45) is -3.86. The smallest absolute Gasteiger partial charge is 0.326 e. The van der Waals surface area contributed by atoms with E-state index < -0.39 is 17.7 Å². The minimum atomic E-state index is -4.38. The van der Waals surface area contributed by atoms with E-state index in [1.54, 1.807) is 12.1 Å². The average molecular weight is 349 g/mol. The molecule has 2 rings (SSSR count). The lowest BCUT2D eigenvalue weighted by Crippen LogP contribution is -2.25. The molecule has 0 spiro atoms. The molecule has 0 heterocycles. The highest BCUT2D eigenvalue weighted by atomic mass is 19.4. The molecule has 0 aliphatic heterocycles. The quantitative estimate of drug-likeness (QED) is 0.735. The molecule has 1 N–H and O–H groups in total.